The molecular formula is C12H29N3. The summed E-state index contributed by atoms with van der Waals surface area (Å²) in [4.78, 5) is 4.63. The molecule has 0 aromatic rings. The molecule has 0 amide bonds. The van der Waals surface area contributed by atoms with Crippen LogP contribution in [0.1, 0.15) is 27.2 Å². The van der Waals surface area contributed by atoms with Crippen molar-refractivity contribution in [1.82, 2.24) is 15.1 Å². The van der Waals surface area contributed by atoms with Gasteiger partial charge in [-0.3, -0.25) is 0 Å². The Morgan fingerprint density at radius 1 is 0.933 bits per heavy atom. The quantitative estimate of drug-likeness (QED) is 0.690. The van der Waals surface area contributed by atoms with E-state index < -0.39 is 0 Å². The second kappa shape index (κ2) is 7.20. The summed E-state index contributed by atoms with van der Waals surface area (Å²) in [5, 5.41) is 3.50. The highest BCUT2D eigenvalue weighted by Gasteiger charge is 2.08. The van der Waals surface area contributed by atoms with Crippen molar-refractivity contribution in [1.29, 1.82) is 0 Å². The van der Waals surface area contributed by atoms with Gasteiger partial charge in [0.2, 0.25) is 0 Å². The molecule has 0 fully saturated rings. The predicted molar refractivity (Wildman–Crippen MR) is 68.4 cm³/mol. The normalized spacial score (nSPS) is 12.8. The van der Waals surface area contributed by atoms with Crippen LogP contribution < -0.4 is 5.32 Å². The first kappa shape index (κ1) is 14.9. The third kappa shape index (κ3) is 11.8. The van der Waals surface area contributed by atoms with Crippen LogP contribution in [0.15, 0.2) is 0 Å². The second-order valence-electron chi connectivity index (χ2n) is 5.64. The second-order valence-corrected chi connectivity index (χ2v) is 5.64. The number of hydrogen-bond donors (Lipinski definition) is 1. The van der Waals surface area contributed by atoms with Gasteiger partial charge in [0, 0.05) is 18.6 Å². The fraction of sp³-hybridized carbons (Fsp3) is 1.00. The highest BCUT2D eigenvalue weighted by atomic mass is 15.1. The molecule has 15 heavy (non-hydrogen) atoms. The van der Waals surface area contributed by atoms with Gasteiger partial charge in [-0.15, -0.1) is 0 Å². The summed E-state index contributed by atoms with van der Waals surface area (Å²) in [6.45, 7) is 11.2. The van der Waals surface area contributed by atoms with Crippen molar-refractivity contribution in [2.45, 2.75) is 32.7 Å². The summed E-state index contributed by atoms with van der Waals surface area (Å²) in [6.07, 6.45) is 1.25. The minimum atomic E-state index is 0.241. The first-order valence-electron chi connectivity index (χ1n) is 5.89. The molecule has 0 bridgehead atoms. The van der Waals surface area contributed by atoms with Gasteiger partial charge in [-0.25, -0.2) is 0 Å². The highest BCUT2D eigenvalue weighted by Crippen LogP contribution is 1.97. The molecule has 0 unspecified atom stereocenters. The first-order chi connectivity index (χ1) is 6.81. The van der Waals surface area contributed by atoms with E-state index >= 15 is 0 Å². The predicted octanol–water partition coefficient (Wildman–Crippen LogP) is 1.26. The van der Waals surface area contributed by atoms with Crippen molar-refractivity contribution >= 4 is 0 Å². The first-order valence-corrected chi connectivity index (χ1v) is 5.89. The summed E-state index contributed by atoms with van der Waals surface area (Å²) in [5.41, 5.74) is 0.241. The van der Waals surface area contributed by atoms with Gasteiger partial charge in [-0.05, 0) is 61.4 Å². The monoisotopic (exact) mass is 215 g/mol. The van der Waals surface area contributed by atoms with Crippen LogP contribution in [0, 0.1) is 0 Å². The molecule has 0 atom stereocenters. The Morgan fingerprint density at radius 2 is 1.53 bits per heavy atom. The molecule has 0 saturated carbocycles. The largest absolute Gasteiger partial charge is 0.311 e. The van der Waals surface area contributed by atoms with Crippen molar-refractivity contribution in [3.05, 3.63) is 0 Å². The zero-order valence-electron chi connectivity index (χ0n) is 11.4. The molecule has 0 aromatic heterocycles. The average Bonchev–Trinajstić information content (AvgIpc) is 2.00. The number of likely N-dealkylation sites (N-methyl/N-ethyl adjacent to an activating group) is 1. The highest BCUT2D eigenvalue weighted by molar-refractivity contribution is 4.70. The Hall–Kier alpha value is -0.120. The van der Waals surface area contributed by atoms with Crippen LogP contribution in [0.25, 0.3) is 0 Å². The Bertz CT molecular complexity index is 149. The molecule has 0 spiro atoms. The van der Waals surface area contributed by atoms with Crippen LogP contribution in [0.5, 0.6) is 0 Å². The summed E-state index contributed by atoms with van der Waals surface area (Å²) in [5.74, 6) is 0. The number of hydrogen-bond acceptors (Lipinski definition) is 3. The van der Waals surface area contributed by atoms with Gasteiger partial charge < -0.3 is 15.1 Å². The van der Waals surface area contributed by atoms with Crippen molar-refractivity contribution in [3.63, 3.8) is 0 Å². The minimum absolute atomic E-state index is 0.241. The Kier molecular flexibility index (Phi) is 7.14. The van der Waals surface area contributed by atoms with E-state index in [1.807, 2.05) is 0 Å². The Balaban J connectivity index is 3.37. The van der Waals surface area contributed by atoms with Gasteiger partial charge in [0.25, 0.3) is 0 Å². The third-order valence-electron chi connectivity index (χ3n) is 2.29. The molecule has 92 valence electrons. The van der Waals surface area contributed by atoms with E-state index in [4.69, 9.17) is 0 Å². The van der Waals surface area contributed by atoms with Gasteiger partial charge in [0.1, 0.15) is 0 Å². The van der Waals surface area contributed by atoms with E-state index in [0.29, 0.717) is 0 Å². The van der Waals surface area contributed by atoms with Crippen molar-refractivity contribution in [2.24, 2.45) is 0 Å². The van der Waals surface area contributed by atoms with Crippen molar-refractivity contribution in [3.8, 4) is 0 Å². The molecule has 3 heteroatoms. The van der Waals surface area contributed by atoms with Crippen LogP contribution in [0.4, 0.5) is 0 Å². The van der Waals surface area contributed by atoms with Crippen LogP contribution in [0.2, 0.25) is 0 Å². The minimum Gasteiger partial charge on any atom is -0.311 e. The lowest BCUT2D eigenvalue weighted by Gasteiger charge is -2.23. The topological polar surface area (TPSA) is 18.5 Å². The number of nitrogens with zero attached hydrogens (tertiary/aromatic N) is 2. The van der Waals surface area contributed by atoms with E-state index in [1.165, 1.54) is 19.5 Å². The maximum Gasteiger partial charge on any atom is 0.0104 e. The number of rotatable bonds is 7. The van der Waals surface area contributed by atoms with E-state index in [9.17, 15) is 0 Å². The fourth-order valence-electron chi connectivity index (χ4n) is 1.39. The standard InChI is InChI=1S/C12H29N3/c1-12(2,3)13-8-11-15(6)10-7-9-14(4)5/h13H,7-11H2,1-6H3. The molecule has 0 aliphatic rings. The SMILES string of the molecule is CN(C)CCCN(C)CCNC(C)(C)C. The molecule has 0 aliphatic heterocycles. The molecule has 0 aliphatic carbocycles. The maximum absolute atomic E-state index is 3.50. The van der Waals surface area contributed by atoms with Gasteiger partial charge in [0.15, 0.2) is 0 Å². The summed E-state index contributed by atoms with van der Waals surface area (Å²) in [6, 6.07) is 0. The van der Waals surface area contributed by atoms with E-state index in [-0.39, 0.29) is 5.54 Å². The van der Waals surface area contributed by atoms with E-state index in [1.54, 1.807) is 0 Å². The molecule has 1 N–H and O–H groups in total. The molecule has 0 heterocycles. The Morgan fingerprint density at radius 3 is 2.00 bits per heavy atom. The van der Waals surface area contributed by atoms with Gasteiger partial charge >= 0.3 is 0 Å². The van der Waals surface area contributed by atoms with Crippen LogP contribution in [-0.2, 0) is 0 Å². The zero-order chi connectivity index (χ0) is 11.9. The van der Waals surface area contributed by atoms with Crippen molar-refractivity contribution in [2.75, 3.05) is 47.3 Å². The fourth-order valence-corrected chi connectivity index (χ4v) is 1.39. The average molecular weight is 215 g/mol. The number of nitrogens with one attached hydrogen (secondary N) is 1. The lowest BCUT2D eigenvalue weighted by atomic mass is 10.1. The summed E-state index contributed by atoms with van der Waals surface area (Å²) >= 11 is 0. The van der Waals surface area contributed by atoms with Crippen LogP contribution in [0.3, 0.4) is 0 Å². The van der Waals surface area contributed by atoms with E-state index in [2.05, 4.69) is 57.0 Å². The molecule has 3 nitrogen and oxygen atoms in total. The summed E-state index contributed by atoms with van der Waals surface area (Å²) in [7, 11) is 6.45. The molecule has 0 aromatic carbocycles. The smallest absolute Gasteiger partial charge is 0.0104 e. The third-order valence-corrected chi connectivity index (χ3v) is 2.29. The van der Waals surface area contributed by atoms with Crippen molar-refractivity contribution < 1.29 is 0 Å². The van der Waals surface area contributed by atoms with Gasteiger partial charge in [-0.1, -0.05) is 0 Å². The lowest BCUT2D eigenvalue weighted by Crippen LogP contribution is -2.40. The lowest BCUT2D eigenvalue weighted by molar-refractivity contribution is 0.287. The Labute approximate surface area is 95.8 Å². The molecule has 0 saturated heterocycles. The summed E-state index contributed by atoms with van der Waals surface area (Å²) < 4.78 is 0. The van der Waals surface area contributed by atoms with Crippen LogP contribution in [-0.4, -0.2) is 62.7 Å². The molecular weight excluding hydrogens is 186 g/mol. The zero-order valence-corrected chi connectivity index (χ0v) is 11.4. The van der Waals surface area contributed by atoms with Crippen LogP contribution >= 0.6 is 0 Å². The maximum atomic E-state index is 3.50. The van der Waals surface area contributed by atoms with Gasteiger partial charge in [0.05, 0.1) is 0 Å². The van der Waals surface area contributed by atoms with Gasteiger partial charge in [-0.2, -0.15) is 0 Å². The van der Waals surface area contributed by atoms with E-state index in [0.717, 1.165) is 13.1 Å². The molecule has 0 rings (SSSR count). The molecule has 0 radical (unpaired) electrons.